The molecule has 0 amide bonds. The molecule has 27 heavy (non-hydrogen) atoms. The largest absolute Gasteiger partial charge is 0.465 e. The second-order valence-electron chi connectivity index (χ2n) is 6.56. The van der Waals surface area contributed by atoms with Crippen LogP contribution in [0.4, 0.5) is 0 Å². The molecule has 4 heteroatoms. The van der Waals surface area contributed by atoms with Crippen LogP contribution < -0.4 is 4.74 Å². The molecule has 4 nitrogen and oxygen atoms in total. The Bertz CT molecular complexity index is 1190. The minimum atomic E-state index is -0.0474. The van der Waals surface area contributed by atoms with Crippen LogP contribution in [0.5, 0.6) is 6.01 Å². The maximum atomic E-state index is 9.73. The van der Waals surface area contributed by atoms with E-state index in [9.17, 15) is 5.26 Å². The Morgan fingerprint density at radius 2 is 1.85 bits per heavy atom. The van der Waals surface area contributed by atoms with E-state index in [-0.39, 0.29) is 6.04 Å². The van der Waals surface area contributed by atoms with Crippen molar-refractivity contribution in [2.24, 2.45) is 0 Å². The second kappa shape index (κ2) is 6.00. The van der Waals surface area contributed by atoms with Crippen LogP contribution in [0.2, 0.25) is 0 Å². The van der Waals surface area contributed by atoms with Gasteiger partial charge in [-0.05, 0) is 35.8 Å². The summed E-state index contributed by atoms with van der Waals surface area (Å²) in [5.41, 5.74) is 6.95. The van der Waals surface area contributed by atoms with Crippen molar-refractivity contribution in [3.05, 3.63) is 89.0 Å². The van der Waals surface area contributed by atoms with Gasteiger partial charge in [0.25, 0.3) is 6.01 Å². The van der Waals surface area contributed by atoms with Crippen molar-refractivity contribution in [3.63, 3.8) is 0 Å². The Morgan fingerprint density at radius 3 is 2.63 bits per heavy atom. The zero-order valence-corrected chi connectivity index (χ0v) is 14.9. The molecule has 130 valence electrons. The zero-order valence-electron chi connectivity index (χ0n) is 14.9. The van der Waals surface area contributed by atoms with Crippen molar-refractivity contribution in [1.82, 2.24) is 9.55 Å². The fraction of sp³-hybridized carbons (Fsp3) is 0.130. The molecule has 0 saturated carbocycles. The van der Waals surface area contributed by atoms with Gasteiger partial charge in [-0.2, -0.15) is 10.2 Å². The second-order valence-corrected chi connectivity index (χ2v) is 6.56. The number of nitrogens with zero attached hydrogens (tertiary/aromatic N) is 3. The molecule has 5 rings (SSSR count). The number of allylic oxidation sites excluding steroid dienone is 6. The molecule has 2 aliphatic carbocycles. The summed E-state index contributed by atoms with van der Waals surface area (Å²) >= 11 is 0. The summed E-state index contributed by atoms with van der Waals surface area (Å²) in [6, 6.07) is 21.2. The van der Waals surface area contributed by atoms with Gasteiger partial charge in [-0.25, -0.2) is 0 Å². The van der Waals surface area contributed by atoms with E-state index in [0.717, 1.165) is 38.9 Å². The number of hydrogen-bond donors (Lipinski definition) is 0. The average molecular weight is 351 g/mol. The minimum Gasteiger partial charge on any atom is -0.465 e. The molecule has 1 heterocycles. The molecule has 1 aromatic heterocycles. The molecule has 0 radical (unpaired) electrons. The Kier molecular flexibility index (Phi) is 3.48. The predicted octanol–water partition coefficient (Wildman–Crippen LogP) is 4.83. The van der Waals surface area contributed by atoms with E-state index in [2.05, 4.69) is 46.0 Å². The third-order valence-corrected chi connectivity index (χ3v) is 5.14. The highest BCUT2D eigenvalue weighted by Gasteiger charge is 2.42. The summed E-state index contributed by atoms with van der Waals surface area (Å²) in [5, 5.41) is 9.73. The van der Waals surface area contributed by atoms with Crippen molar-refractivity contribution < 1.29 is 4.74 Å². The molecular formula is C23H17N3O. The number of imidazole rings is 1. The standard InChI is InChI=1S/C23H17N3O/c1-2-27-23-25-19-10-6-7-11-20(19)26(23)22-17-13-12-16(21(22)18(17)14-24)15-8-4-3-5-9-15/h3-13,22H,2H2,1H3. The quantitative estimate of drug-likeness (QED) is 0.676. The molecule has 3 aromatic rings. The summed E-state index contributed by atoms with van der Waals surface area (Å²) in [7, 11) is 0. The summed E-state index contributed by atoms with van der Waals surface area (Å²) < 4.78 is 7.98. The number of fused-ring (bicyclic) bond motifs is 3. The number of rotatable bonds is 4. The Balaban J connectivity index is 1.71. The monoisotopic (exact) mass is 351 g/mol. The SMILES string of the molecule is CCOc1nc2ccccc2n1C1c2ccc(-c3ccccc3)c1c2C#N. The van der Waals surface area contributed by atoms with Crippen molar-refractivity contribution in [3.8, 4) is 12.1 Å². The maximum absolute atomic E-state index is 9.73. The first kappa shape index (κ1) is 15.7. The predicted molar refractivity (Wildman–Crippen MR) is 105 cm³/mol. The Labute approximate surface area is 157 Å². The van der Waals surface area contributed by atoms with Gasteiger partial charge in [0, 0.05) is 5.57 Å². The van der Waals surface area contributed by atoms with E-state index in [1.165, 1.54) is 0 Å². The molecule has 2 aliphatic rings. The van der Waals surface area contributed by atoms with Crippen LogP contribution in [0, 0.1) is 11.3 Å². The van der Waals surface area contributed by atoms with Crippen LogP contribution in [0.25, 0.3) is 16.6 Å². The normalized spacial score (nSPS) is 17.9. The van der Waals surface area contributed by atoms with E-state index < -0.39 is 0 Å². The number of para-hydroxylation sites is 2. The number of aromatic nitrogens is 2. The maximum Gasteiger partial charge on any atom is 0.298 e. The van der Waals surface area contributed by atoms with E-state index in [4.69, 9.17) is 4.74 Å². The highest BCUT2D eigenvalue weighted by Crippen LogP contribution is 2.54. The molecule has 0 spiro atoms. The summed E-state index contributed by atoms with van der Waals surface area (Å²) in [5.74, 6) is 0. The van der Waals surface area contributed by atoms with Gasteiger partial charge in [0.05, 0.1) is 35.3 Å². The third-order valence-electron chi connectivity index (χ3n) is 5.14. The van der Waals surface area contributed by atoms with Crippen LogP contribution >= 0.6 is 0 Å². The highest BCUT2D eigenvalue weighted by molar-refractivity contribution is 5.93. The molecular weight excluding hydrogens is 334 g/mol. The number of nitriles is 1. The molecule has 1 atom stereocenters. The summed E-state index contributed by atoms with van der Waals surface area (Å²) in [6.45, 7) is 2.50. The van der Waals surface area contributed by atoms with Crippen LogP contribution in [-0.4, -0.2) is 16.2 Å². The number of hydrogen-bond acceptors (Lipinski definition) is 3. The van der Waals surface area contributed by atoms with E-state index >= 15 is 0 Å². The Hall–Kier alpha value is -3.58. The zero-order chi connectivity index (χ0) is 18.4. The lowest BCUT2D eigenvalue weighted by atomic mass is 9.69. The van der Waals surface area contributed by atoms with Gasteiger partial charge in [-0.15, -0.1) is 0 Å². The van der Waals surface area contributed by atoms with Gasteiger partial charge in [-0.1, -0.05) is 54.6 Å². The lowest BCUT2D eigenvalue weighted by Gasteiger charge is -2.39. The topological polar surface area (TPSA) is 50.8 Å². The lowest BCUT2D eigenvalue weighted by Crippen LogP contribution is -2.29. The van der Waals surface area contributed by atoms with E-state index in [1.807, 2.05) is 43.3 Å². The smallest absolute Gasteiger partial charge is 0.298 e. The van der Waals surface area contributed by atoms with Gasteiger partial charge in [-0.3, -0.25) is 4.57 Å². The molecule has 2 aromatic carbocycles. The lowest BCUT2D eigenvalue weighted by molar-refractivity contribution is 0.295. The molecule has 2 bridgehead atoms. The third kappa shape index (κ3) is 2.18. The van der Waals surface area contributed by atoms with E-state index in [1.54, 1.807) is 0 Å². The molecule has 0 aliphatic heterocycles. The van der Waals surface area contributed by atoms with Gasteiger partial charge in [0.2, 0.25) is 0 Å². The van der Waals surface area contributed by atoms with Crippen LogP contribution in [0.3, 0.4) is 0 Å². The highest BCUT2D eigenvalue weighted by atomic mass is 16.5. The molecule has 0 N–H and O–H groups in total. The summed E-state index contributed by atoms with van der Waals surface area (Å²) in [6.07, 6.45) is 4.17. The van der Waals surface area contributed by atoms with Crippen LogP contribution in [0.1, 0.15) is 18.5 Å². The van der Waals surface area contributed by atoms with Gasteiger partial charge < -0.3 is 4.74 Å². The van der Waals surface area contributed by atoms with Crippen molar-refractivity contribution >= 4 is 16.6 Å². The fourth-order valence-electron chi connectivity index (χ4n) is 3.99. The summed E-state index contributed by atoms with van der Waals surface area (Å²) in [4.78, 5) is 4.67. The number of ether oxygens (including phenoxy) is 1. The first-order valence-electron chi connectivity index (χ1n) is 9.05. The van der Waals surface area contributed by atoms with Crippen LogP contribution in [-0.2, 0) is 0 Å². The molecule has 0 saturated heterocycles. The molecule has 0 fully saturated rings. The van der Waals surface area contributed by atoms with Gasteiger partial charge in [0.15, 0.2) is 0 Å². The molecule has 1 unspecified atom stereocenters. The first-order valence-corrected chi connectivity index (χ1v) is 9.05. The first-order chi connectivity index (χ1) is 13.3. The van der Waals surface area contributed by atoms with Gasteiger partial charge in [0.1, 0.15) is 0 Å². The van der Waals surface area contributed by atoms with Crippen molar-refractivity contribution in [2.75, 3.05) is 6.61 Å². The number of benzene rings is 2. The van der Waals surface area contributed by atoms with Crippen molar-refractivity contribution in [1.29, 1.82) is 5.26 Å². The fourth-order valence-corrected chi connectivity index (χ4v) is 3.99. The van der Waals surface area contributed by atoms with Crippen molar-refractivity contribution in [2.45, 2.75) is 13.0 Å². The van der Waals surface area contributed by atoms with E-state index in [0.29, 0.717) is 12.6 Å². The minimum absolute atomic E-state index is 0.0474. The van der Waals surface area contributed by atoms with Crippen LogP contribution in [0.15, 0.2) is 83.5 Å². The average Bonchev–Trinajstić information content (AvgIpc) is 3.07. The Morgan fingerprint density at radius 1 is 1.07 bits per heavy atom. The van der Waals surface area contributed by atoms with Gasteiger partial charge >= 0.3 is 0 Å².